The molecule has 1 amide bonds. The number of amides is 1. The fraction of sp³-hybridized carbons (Fsp3) is 0.538. The van der Waals surface area contributed by atoms with Gasteiger partial charge in [0.05, 0.1) is 18.8 Å². The van der Waals surface area contributed by atoms with Crippen LogP contribution in [0.4, 0.5) is 5.82 Å². The first kappa shape index (κ1) is 14.7. The summed E-state index contributed by atoms with van der Waals surface area (Å²) in [4.78, 5) is 18.3. The van der Waals surface area contributed by atoms with Crippen LogP contribution in [-0.4, -0.2) is 42.1 Å². The minimum absolute atomic E-state index is 0.0416. The Kier molecular flexibility index (Phi) is 4.89. The van der Waals surface area contributed by atoms with Crippen LogP contribution in [0.2, 0.25) is 0 Å². The van der Waals surface area contributed by atoms with Gasteiger partial charge in [-0.3, -0.25) is 15.1 Å². The van der Waals surface area contributed by atoms with Crippen molar-refractivity contribution in [1.82, 2.24) is 15.3 Å². The third-order valence-electron chi connectivity index (χ3n) is 3.60. The molecule has 7 heteroatoms. The molecule has 1 aromatic heterocycles. The molecule has 1 aliphatic heterocycles. The molecular formula is C13H21N5O2. The monoisotopic (exact) mass is 279 g/mol. The maximum atomic E-state index is 11.9. The van der Waals surface area contributed by atoms with Crippen molar-refractivity contribution in [3.05, 3.63) is 23.4 Å². The van der Waals surface area contributed by atoms with E-state index < -0.39 is 0 Å². The molecular weight excluding hydrogens is 258 g/mol. The Balaban J connectivity index is 2.39. The number of nitrogens with two attached hydrogens (primary N) is 2. The fourth-order valence-electron chi connectivity index (χ4n) is 2.65. The van der Waals surface area contributed by atoms with Gasteiger partial charge in [0.15, 0.2) is 0 Å². The molecule has 0 bridgehead atoms. The normalized spacial score (nSPS) is 17.7. The fourth-order valence-corrected chi connectivity index (χ4v) is 2.65. The Hall–Kier alpha value is -1.70. The van der Waals surface area contributed by atoms with Crippen LogP contribution in [0.3, 0.4) is 0 Å². The molecule has 1 fully saturated rings. The zero-order valence-electron chi connectivity index (χ0n) is 11.6. The van der Waals surface area contributed by atoms with E-state index in [0.717, 1.165) is 25.1 Å². The highest BCUT2D eigenvalue weighted by molar-refractivity contribution is 5.96. The van der Waals surface area contributed by atoms with Crippen molar-refractivity contribution in [2.45, 2.75) is 19.4 Å². The highest BCUT2D eigenvalue weighted by Gasteiger charge is 2.27. The topological polar surface area (TPSA) is 106 Å². The van der Waals surface area contributed by atoms with E-state index in [-0.39, 0.29) is 11.9 Å². The van der Waals surface area contributed by atoms with Crippen molar-refractivity contribution in [3.8, 4) is 0 Å². The smallest absolute Gasteiger partial charge is 0.265 e. The van der Waals surface area contributed by atoms with Gasteiger partial charge in [-0.1, -0.05) is 6.92 Å². The van der Waals surface area contributed by atoms with E-state index in [4.69, 9.17) is 16.3 Å². The highest BCUT2D eigenvalue weighted by atomic mass is 16.5. The van der Waals surface area contributed by atoms with Gasteiger partial charge >= 0.3 is 0 Å². The lowest BCUT2D eigenvalue weighted by Gasteiger charge is -2.35. The molecule has 0 radical (unpaired) electrons. The first-order chi connectivity index (χ1) is 9.69. The second-order valence-electron chi connectivity index (χ2n) is 4.70. The number of nitrogen functional groups attached to an aromatic ring is 2. The van der Waals surface area contributed by atoms with Gasteiger partial charge in [0.2, 0.25) is 0 Å². The molecule has 110 valence electrons. The Morgan fingerprint density at radius 2 is 2.25 bits per heavy atom. The predicted octanol–water partition coefficient (Wildman–Crippen LogP) is 0.0506. The van der Waals surface area contributed by atoms with Crippen molar-refractivity contribution >= 4 is 11.7 Å². The largest absolute Gasteiger partial charge is 0.383 e. The van der Waals surface area contributed by atoms with Gasteiger partial charge in [0, 0.05) is 30.9 Å². The molecule has 5 N–H and O–H groups in total. The summed E-state index contributed by atoms with van der Waals surface area (Å²) in [6.45, 7) is 5.08. The summed E-state index contributed by atoms with van der Waals surface area (Å²) < 4.78 is 5.37. The third kappa shape index (κ3) is 2.90. The Morgan fingerprint density at radius 3 is 2.85 bits per heavy atom. The van der Waals surface area contributed by atoms with Crippen molar-refractivity contribution in [2.75, 3.05) is 32.0 Å². The Bertz CT molecular complexity index is 474. The quantitative estimate of drug-likeness (QED) is 0.408. The summed E-state index contributed by atoms with van der Waals surface area (Å²) in [5.41, 5.74) is 9.41. The van der Waals surface area contributed by atoms with Crippen LogP contribution in [0.5, 0.6) is 0 Å². The number of rotatable bonds is 4. The molecule has 1 aliphatic rings. The lowest BCUT2D eigenvalue weighted by Crippen LogP contribution is -2.40. The Labute approximate surface area is 118 Å². The van der Waals surface area contributed by atoms with Gasteiger partial charge in [0.25, 0.3) is 5.91 Å². The maximum absolute atomic E-state index is 11.9. The molecule has 7 nitrogen and oxygen atoms in total. The lowest BCUT2D eigenvalue weighted by molar-refractivity contribution is 0.0152. The molecule has 0 saturated carbocycles. The van der Waals surface area contributed by atoms with Crippen molar-refractivity contribution in [1.29, 1.82) is 0 Å². The Morgan fingerprint density at radius 1 is 1.55 bits per heavy atom. The zero-order chi connectivity index (χ0) is 14.5. The molecule has 1 aromatic rings. The van der Waals surface area contributed by atoms with Crippen LogP contribution in [0.25, 0.3) is 0 Å². The number of hydrazine groups is 1. The van der Waals surface area contributed by atoms with Gasteiger partial charge in [-0.15, -0.1) is 0 Å². The predicted molar refractivity (Wildman–Crippen MR) is 75.7 cm³/mol. The number of carbonyl (C=O) groups excluding carboxylic acids is 1. The summed E-state index contributed by atoms with van der Waals surface area (Å²) in [7, 11) is 0. The number of anilines is 1. The molecule has 1 atom stereocenters. The summed E-state index contributed by atoms with van der Waals surface area (Å²) in [5.74, 6) is 5.28. The van der Waals surface area contributed by atoms with E-state index in [1.54, 1.807) is 6.07 Å². The molecule has 2 rings (SSSR count). The molecule has 0 aromatic carbocycles. The molecule has 1 saturated heterocycles. The van der Waals surface area contributed by atoms with Gasteiger partial charge in [-0.25, -0.2) is 10.8 Å². The van der Waals surface area contributed by atoms with Gasteiger partial charge in [-0.05, 0) is 12.5 Å². The second-order valence-corrected chi connectivity index (χ2v) is 4.70. The minimum Gasteiger partial charge on any atom is -0.383 e. The lowest BCUT2D eigenvalue weighted by atomic mass is 9.97. The highest BCUT2D eigenvalue weighted by Crippen LogP contribution is 2.31. The second kappa shape index (κ2) is 6.65. The number of nitrogens with one attached hydrogen (secondary N) is 1. The van der Waals surface area contributed by atoms with Crippen LogP contribution in [0, 0.1) is 0 Å². The summed E-state index contributed by atoms with van der Waals surface area (Å²) >= 11 is 0. The first-order valence-corrected chi connectivity index (χ1v) is 6.76. The molecule has 0 aliphatic carbocycles. The number of hydrogen-bond acceptors (Lipinski definition) is 6. The number of ether oxygens (including phenoxy) is 1. The SMILES string of the molecule is CCC(c1c(C(=O)NN)ccnc1N)N1CCOCC1. The van der Waals surface area contributed by atoms with E-state index in [1.807, 2.05) is 0 Å². The average Bonchev–Trinajstić information content (AvgIpc) is 2.50. The van der Waals surface area contributed by atoms with Gasteiger partial charge in [0.1, 0.15) is 5.82 Å². The number of pyridine rings is 1. The summed E-state index contributed by atoms with van der Waals surface area (Å²) in [5, 5.41) is 0. The van der Waals surface area contributed by atoms with Crippen LogP contribution in [0.1, 0.15) is 35.3 Å². The zero-order valence-corrected chi connectivity index (χ0v) is 11.6. The number of hydrogen-bond donors (Lipinski definition) is 3. The first-order valence-electron chi connectivity index (χ1n) is 6.76. The van der Waals surface area contributed by atoms with Crippen LogP contribution in [0.15, 0.2) is 12.3 Å². The number of nitrogens with zero attached hydrogens (tertiary/aromatic N) is 2. The van der Waals surface area contributed by atoms with E-state index in [1.165, 1.54) is 6.20 Å². The van der Waals surface area contributed by atoms with E-state index in [9.17, 15) is 4.79 Å². The minimum atomic E-state index is -0.346. The summed E-state index contributed by atoms with van der Waals surface area (Å²) in [6.07, 6.45) is 2.36. The van der Waals surface area contributed by atoms with E-state index >= 15 is 0 Å². The number of carbonyl (C=O) groups is 1. The molecule has 0 spiro atoms. The van der Waals surface area contributed by atoms with Crippen molar-refractivity contribution < 1.29 is 9.53 Å². The van der Waals surface area contributed by atoms with E-state index in [2.05, 4.69) is 22.2 Å². The van der Waals surface area contributed by atoms with Crippen LogP contribution >= 0.6 is 0 Å². The standard InChI is InChI=1S/C13H21N5O2/c1-2-10(18-5-7-20-8-6-18)11-9(13(19)17-15)3-4-16-12(11)14/h3-4,10H,2,5-8,15H2,1H3,(H2,14,16)(H,17,19). The van der Waals surface area contributed by atoms with Crippen LogP contribution in [-0.2, 0) is 4.74 Å². The van der Waals surface area contributed by atoms with Gasteiger partial charge in [-0.2, -0.15) is 0 Å². The average molecular weight is 279 g/mol. The van der Waals surface area contributed by atoms with E-state index in [0.29, 0.717) is 24.6 Å². The number of aromatic nitrogens is 1. The molecule has 2 heterocycles. The maximum Gasteiger partial charge on any atom is 0.265 e. The number of morpholine rings is 1. The third-order valence-corrected chi connectivity index (χ3v) is 3.60. The summed E-state index contributed by atoms with van der Waals surface area (Å²) in [6, 6.07) is 1.69. The van der Waals surface area contributed by atoms with Crippen LogP contribution < -0.4 is 17.0 Å². The van der Waals surface area contributed by atoms with Gasteiger partial charge < -0.3 is 10.5 Å². The molecule has 1 unspecified atom stereocenters. The van der Waals surface area contributed by atoms with Crippen molar-refractivity contribution in [3.63, 3.8) is 0 Å². The van der Waals surface area contributed by atoms with Crippen molar-refractivity contribution in [2.24, 2.45) is 5.84 Å². The molecule has 20 heavy (non-hydrogen) atoms.